The molecule has 0 aliphatic carbocycles. The second-order valence-corrected chi connectivity index (χ2v) is 4.33. The van der Waals surface area contributed by atoms with E-state index >= 15 is 0 Å². The summed E-state index contributed by atoms with van der Waals surface area (Å²) >= 11 is 0. The van der Waals surface area contributed by atoms with Crippen LogP contribution in [0.2, 0.25) is 0 Å². The maximum Gasteiger partial charge on any atom is 0.389 e. The molecule has 0 aliphatic rings. The Morgan fingerprint density at radius 1 is 1.33 bits per heavy atom. The monoisotopic (exact) mass is 262 g/mol. The molecule has 1 rings (SSSR count). The molecule has 1 unspecified atom stereocenters. The standard InChI is InChI=1S/C13H17F3O2/c1-9-3-4-12(18-2)10(7-9)8-11(17)5-6-13(14,15)16/h3-4,7,11,17H,5-6,8H2,1-2H3. The van der Waals surface area contributed by atoms with Gasteiger partial charge in [-0.15, -0.1) is 0 Å². The molecule has 2 nitrogen and oxygen atoms in total. The fraction of sp³-hybridized carbons (Fsp3) is 0.538. The van der Waals surface area contributed by atoms with Gasteiger partial charge in [0.15, 0.2) is 0 Å². The van der Waals surface area contributed by atoms with Crippen molar-refractivity contribution in [2.24, 2.45) is 0 Å². The van der Waals surface area contributed by atoms with Crippen LogP contribution < -0.4 is 4.74 Å². The largest absolute Gasteiger partial charge is 0.496 e. The third-order valence-electron chi connectivity index (χ3n) is 2.65. The Balaban J connectivity index is 2.63. The predicted molar refractivity (Wildman–Crippen MR) is 62.7 cm³/mol. The van der Waals surface area contributed by atoms with E-state index in [1.807, 2.05) is 19.1 Å². The van der Waals surface area contributed by atoms with E-state index in [2.05, 4.69) is 0 Å². The van der Waals surface area contributed by atoms with E-state index in [-0.39, 0.29) is 12.8 Å². The van der Waals surface area contributed by atoms with Crippen molar-refractivity contribution in [3.63, 3.8) is 0 Å². The van der Waals surface area contributed by atoms with Crippen LogP contribution in [0.15, 0.2) is 18.2 Å². The number of hydrogen-bond acceptors (Lipinski definition) is 2. The molecule has 0 spiro atoms. The minimum atomic E-state index is -4.22. The fourth-order valence-corrected chi connectivity index (χ4v) is 1.75. The second-order valence-electron chi connectivity index (χ2n) is 4.33. The van der Waals surface area contributed by atoms with Crippen LogP contribution in [0.25, 0.3) is 0 Å². The Morgan fingerprint density at radius 2 is 2.00 bits per heavy atom. The summed E-state index contributed by atoms with van der Waals surface area (Å²) in [6, 6.07) is 5.42. The third-order valence-corrected chi connectivity index (χ3v) is 2.65. The van der Waals surface area contributed by atoms with Gasteiger partial charge in [-0.1, -0.05) is 17.7 Å². The minimum Gasteiger partial charge on any atom is -0.496 e. The van der Waals surface area contributed by atoms with Crippen LogP contribution in [0.1, 0.15) is 24.0 Å². The maximum atomic E-state index is 12.0. The molecule has 1 aromatic rings. The highest BCUT2D eigenvalue weighted by atomic mass is 19.4. The van der Waals surface area contributed by atoms with Crippen molar-refractivity contribution in [3.8, 4) is 5.75 Å². The van der Waals surface area contributed by atoms with Crippen molar-refractivity contribution in [3.05, 3.63) is 29.3 Å². The topological polar surface area (TPSA) is 29.5 Å². The molecule has 0 heterocycles. The normalized spacial score (nSPS) is 13.4. The summed E-state index contributed by atoms with van der Waals surface area (Å²) in [5.41, 5.74) is 1.71. The average molecular weight is 262 g/mol. The number of benzene rings is 1. The van der Waals surface area contributed by atoms with Crippen LogP contribution in [0.3, 0.4) is 0 Å². The van der Waals surface area contributed by atoms with Crippen LogP contribution in [-0.4, -0.2) is 24.5 Å². The van der Waals surface area contributed by atoms with Gasteiger partial charge in [0.2, 0.25) is 0 Å². The molecule has 0 bridgehead atoms. The summed E-state index contributed by atoms with van der Waals surface area (Å²) in [5.74, 6) is 0.589. The molecule has 0 radical (unpaired) electrons. The van der Waals surface area contributed by atoms with Gasteiger partial charge in [0.25, 0.3) is 0 Å². The number of halogens is 3. The smallest absolute Gasteiger partial charge is 0.389 e. The molecule has 5 heteroatoms. The van der Waals surface area contributed by atoms with Gasteiger partial charge in [0.1, 0.15) is 5.75 Å². The van der Waals surface area contributed by atoms with Crippen molar-refractivity contribution >= 4 is 0 Å². The molecule has 1 atom stereocenters. The molecular formula is C13H17F3O2. The van der Waals surface area contributed by atoms with E-state index in [1.54, 1.807) is 6.07 Å². The molecule has 102 valence electrons. The minimum absolute atomic E-state index is 0.168. The number of ether oxygens (including phenoxy) is 1. The summed E-state index contributed by atoms with van der Waals surface area (Å²) in [5, 5.41) is 9.62. The quantitative estimate of drug-likeness (QED) is 0.882. The number of hydrogen-bond donors (Lipinski definition) is 1. The SMILES string of the molecule is COc1ccc(C)cc1CC(O)CCC(F)(F)F. The van der Waals surface area contributed by atoms with Crippen molar-refractivity contribution in [1.29, 1.82) is 0 Å². The second kappa shape index (κ2) is 6.09. The number of alkyl halides is 3. The summed E-state index contributed by atoms with van der Waals surface area (Å²) in [6.45, 7) is 1.88. The lowest BCUT2D eigenvalue weighted by Gasteiger charge is -2.15. The Hall–Kier alpha value is -1.23. The van der Waals surface area contributed by atoms with Crippen LogP contribution in [0.5, 0.6) is 5.75 Å². The van der Waals surface area contributed by atoms with Gasteiger partial charge in [-0.3, -0.25) is 0 Å². The molecule has 1 N–H and O–H groups in total. The van der Waals surface area contributed by atoms with Crippen molar-refractivity contribution in [2.75, 3.05) is 7.11 Å². The zero-order valence-corrected chi connectivity index (χ0v) is 10.4. The highest BCUT2D eigenvalue weighted by molar-refractivity contribution is 5.37. The number of rotatable bonds is 5. The van der Waals surface area contributed by atoms with Crippen molar-refractivity contribution in [1.82, 2.24) is 0 Å². The lowest BCUT2D eigenvalue weighted by molar-refractivity contribution is -0.139. The number of aryl methyl sites for hydroxylation is 1. The summed E-state index contributed by atoms with van der Waals surface area (Å²) < 4.78 is 41.2. The molecular weight excluding hydrogens is 245 g/mol. The molecule has 1 aromatic carbocycles. The van der Waals surface area contributed by atoms with E-state index < -0.39 is 18.7 Å². The van der Waals surface area contributed by atoms with Gasteiger partial charge < -0.3 is 9.84 Å². The van der Waals surface area contributed by atoms with Gasteiger partial charge >= 0.3 is 6.18 Å². The highest BCUT2D eigenvalue weighted by Gasteiger charge is 2.28. The van der Waals surface area contributed by atoms with Crippen LogP contribution in [0, 0.1) is 6.92 Å². The van der Waals surface area contributed by atoms with Gasteiger partial charge in [-0.05, 0) is 25.0 Å². The van der Waals surface area contributed by atoms with Crippen LogP contribution in [0.4, 0.5) is 13.2 Å². The number of methoxy groups -OCH3 is 1. The van der Waals surface area contributed by atoms with Crippen molar-refractivity contribution < 1.29 is 23.0 Å². The zero-order valence-electron chi connectivity index (χ0n) is 10.4. The van der Waals surface area contributed by atoms with Gasteiger partial charge in [-0.25, -0.2) is 0 Å². The Kier molecular flexibility index (Phi) is 5.02. The van der Waals surface area contributed by atoms with Gasteiger partial charge in [0, 0.05) is 12.8 Å². The molecule has 18 heavy (non-hydrogen) atoms. The highest BCUT2D eigenvalue weighted by Crippen LogP contribution is 2.25. The van der Waals surface area contributed by atoms with E-state index in [0.717, 1.165) is 11.1 Å². The van der Waals surface area contributed by atoms with Gasteiger partial charge in [-0.2, -0.15) is 13.2 Å². The first-order chi connectivity index (χ1) is 8.31. The molecule has 0 amide bonds. The van der Waals surface area contributed by atoms with Crippen LogP contribution in [-0.2, 0) is 6.42 Å². The summed E-state index contributed by atoms with van der Waals surface area (Å²) in [7, 11) is 1.50. The number of aliphatic hydroxyl groups excluding tert-OH is 1. The van der Waals surface area contributed by atoms with E-state index in [1.165, 1.54) is 7.11 Å². The first kappa shape index (κ1) is 14.8. The maximum absolute atomic E-state index is 12.0. The molecule has 0 aromatic heterocycles. The van der Waals surface area contributed by atoms with Gasteiger partial charge in [0.05, 0.1) is 13.2 Å². The first-order valence-corrected chi connectivity index (χ1v) is 5.70. The summed E-state index contributed by atoms with van der Waals surface area (Å²) in [6.07, 6.45) is -6.33. The van der Waals surface area contributed by atoms with Crippen molar-refractivity contribution in [2.45, 2.75) is 38.5 Å². The Bertz CT molecular complexity index is 388. The Labute approximate surface area is 104 Å². The third kappa shape index (κ3) is 4.96. The lowest BCUT2D eigenvalue weighted by atomic mass is 10.0. The molecule has 0 aliphatic heterocycles. The van der Waals surface area contributed by atoms with E-state index in [9.17, 15) is 18.3 Å². The fourth-order valence-electron chi connectivity index (χ4n) is 1.75. The molecule has 0 saturated heterocycles. The summed E-state index contributed by atoms with van der Waals surface area (Å²) in [4.78, 5) is 0. The lowest BCUT2D eigenvalue weighted by Crippen LogP contribution is -2.16. The Morgan fingerprint density at radius 3 is 2.56 bits per heavy atom. The zero-order chi connectivity index (χ0) is 13.8. The first-order valence-electron chi connectivity index (χ1n) is 5.70. The molecule has 0 saturated carbocycles. The number of aliphatic hydroxyl groups is 1. The molecule has 0 fully saturated rings. The van der Waals surface area contributed by atoms with E-state index in [4.69, 9.17) is 4.74 Å². The predicted octanol–water partition coefficient (Wildman–Crippen LogP) is 3.25. The van der Waals surface area contributed by atoms with Crippen LogP contribution >= 0.6 is 0 Å². The van der Waals surface area contributed by atoms with E-state index in [0.29, 0.717) is 5.75 Å². The average Bonchev–Trinajstić information content (AvgIpc) is 2.26.